The first-order chi connectivity index (χ1) is 12.6. The van der Waals surface area contributed by atoms with Crippen LogP contribution in [0.2, 0.25) is 0 Å². The van der Waals surface area contributed by atoms with E-state index in [2.05, 4.69) is 34.7 Å². The Kier molecular flexibility index (Phi) is 7.14. The van der Waals surface area contributed by atoms with Gasteiger partial charge in [0.1, 0.15) is 5.75 Å². The van der Waals surface area contributed by atoms with Gasteiger partial charge in [0, 0.05) is 24.9 Å². The van der Waals surface area contributed by atoms with E-state index in [1.165, 1.54) is 19.1 Å². The molecule has 0 unspecified atom stereocenters. The van der Waals surface area contributed by atoms with Crippen LogP contribution >= 0.6 is 0 Å². The van der Waals surface area contributed by atoms with Gasteiger partial charge in [-0.05, 0) is 58.1 Å². The van der Waals surface area contributed by atoms with Crippen LogP contribution in [0.25, 0.3) is 0 Å². The second-order valence-corrected chi connectivity index (χ2v) is 10.6. The van der Waals surface area contributed by atoms with E-state index in [4.69, 9.17) is 4.74 Å². The number of sulfone groups is 1. The Labute approximate surface area is 163 Å². The lowest BCUT2D eigenvalue weighted by atomic mass is 10.1. The summed E-state index contributed by atoms with van der Waals surface area (Å²) < 4.78 is 28.9. The molecular formula is C20H33N3O3S. The van der Waals surface area contributed by atoms with Crippen LogP contribution in [0.3, 0.4) is 0 Å². The van der Waals surface area contributed by atoms with Gasteiger partial charge in [0.25, 0.3) is 0 Å². The lowest BCUT2D eigenvalue weighted by molar-refractivity contribution is 0.296. The molecule has 6 nitrogen and oxygen atoms in total. The first-order valence-corrected chi connectivity index (χ1v) is 11.5. The van der Waals surface area contributed by atoms with Gasteiger partial charge in [-0.3, -0.25) is 0 Å². The number of ether oxygens (including phenoxy) is 1. The average molecular weight is 396 g/mol. The predicted molar refractivity (Wildman–Crippen MR) is 111 cm³/mol. The zero-order chi connectivity index (χ0) is 20.1. The first kappa shape index (κ1) is 21.5. The number of hydrogen-bond donors (Lipinski definition) is 2. The van der Waals surface area contributed by atoms with Crippen LogP contribution in [0.15, 0.2) is 23.2 Å². The van der Waals surface area contributed by atoms with E-state index in [0.717, 1.165) is 23.5 Å². The van der Waals surface area contributed by atoms with Gasteiger partial charge < -0.3 is 15.4 Å². The SMILES string of the molecule is CCNC(=NCc1ccc(C)cc1OCC1CC1)NCC(C)(C)S(C)(=O)=O. The summed E-state index contributed by atoms with van der Waals surface area (Å²) >= 11 is 0. The van der Waals surface area contributed by atoms with Crippen molar-refractivity contribution in [2.24, 2.45) is 10.9 Å². The van der Waals surface area contributed by atoms with E-state index in [0.29, 0.717) is 25.0 Å². The van der Waals surface area contributed by atoms with Crippen molar-refractivity contribution >= 4 is 15.8 Å². The lowest BCUT2D eigenvalue weighted by Crippen LogP contribution is -2.47. The molecule has 0 heterocycles. The molecule has 1 fully saturated rings. The molecule has 1 aromatic carbocycles. The van der Waals surface area contributed by atoms with Crippen LogP contribution in [0.4, 0.5) is 0 Å². The fourth-order valence-corrected chi connectivity index (χ4v) is 2.69. The smallest absolute Gasteiger partial charge is 0.191 e. The van der Waals surface area contributed by atoms with E-state index < -0.39 is 14.6 Å². The minimum atomic E-state index is -3.17. The molecule has 1 aliphatic rings. The van der Waals surface area contributed by atoms with Gasteiger partial charge in [-0.1, -0.05) is 12.1 Å². The number of rotatable bonds is 9. The third-order valence-corrected chi connectivity index (χ3v) is 6.98. The Balaban J connectivity index is 2.07. The van der Waals surface area contributed by atoms with Crippen molar-refractivity contribution in [2.75, 3.05) is 26.0 Å². The second kappa shape index (κ2) is 8.95. The molecule has 2 N–H and O–H groups in total. The maximum Gasteiger partial charge on any atom is 0.191 e. The Bertz CT molecular complexity index is 769. The molecule has 1 aromatic rings. The Hall–Kier alpha value is -1.76. The summed E-state index contributed by atoms with van der Waals surface area (Å²) in [5.74, 6) is 2.18. The van der Waals surface area contributed by atoms with Crippen molar-refractivity contribution in [3.8, 4) is 5.75 Å². The van der Waals surface area contributed by atoms with Gasteiger partial charge in [-0.25, -0.2) is 13.4 Å². The normalized spacial score (nSPS) is 15.5. The quantitative estimate of drug-likeness (QED) is 0.496. The van der Waals surface area contributed by atoms with E-state index in [9.17, 15) is 8.42 Å². The fourth-order valence-electron chi connectivity index (χ4n) is 2.35. The summed E-state index contributed by atoms with van der Waals surface area (Å²) in [5.41, 5.74) is 2.19. The Morgan fingerprint density at radius 3 is 2.59 bits per heavy atom. The number of aliphatic imine (C=N–C) groups is 1. The molecule has 0 amide bonds. The third-order valence-electron chi connectivity index (χ3n) is 4.83. The highest BCUT2D eigenvalue weighted by Crippen LogP contribution is 2.31. The number of nitrogens with one attached hydrogen (secondary N) is 2. The van der Waals surface area contributed by atoms with Crippen LogP contribution in [-0.4, -0.2) is 45.1 Å². The number of benzene rings is 1. The first-order valence-electron chi connectivity index (χ1n) is 9.56. The standard InChI is InChI=1S/C20H33N3O3S/c1-6-21-19(23-14-20(3,4)27(5,24)25)22-12-17-10-7-15(2)11-18(17)26-13-16-8-9-16/h7,10-11,16H,6,8-9,12-14H2,1-5H3,(H2,21,22,23). The van der Waals surface area contributed by atoms with E-state index in [1.807, 2.05) is 13.0 Å². The summed E-state index contributed by atoms with van der Waals surface area (Å²) in [5, 5.41) is 6.32. The summed E-state index contributed by atoms with van der Waals surface area (Å²) in [4.78, 5) is 4.62. The van der Waals surface area contributed by atoms with Crippen molar-refractivity contribution in [1.82, 2.24) is 10.6 Å². The molecule has 27 heavy (non-hydrogen) atoms. The molecule has 152 valence electrons. The highest BCUT2D eigenvalue weighted by molar-refractivity contribution is 7.92. The maximum atomic E-state index is 11.9. The van der Waals surface area contributed by atoms with Crippen molar-refractivity contribution < 1.29 is 13.2 Å². The van der Waals surface area contributed by atoms with Crippen molar-refractivity contribution in [3.63, 3.8) is 0 Å². The zero-order valence-corrected chi connectivity index (χ0v) is 17.9. The maximum absolute atomic E-state index is 11.9. The van der Waals surface area contributed by atoms with E-state index in [1.54, 1.807) is 13.8 Å². The molecule has 0 radical (unpaired) electrons. The van der Waals surface area contributed by atoms with Crippen molar-refractivity contribution in [3.05, 3.63) is 29.3 Å². The zero-order valence-electron chi connectivity index (χ0n) is 17.1. The van der Waals surface area contributed by atoms with Crippen LogP contribution in [0.5, 0.6) is 5.75 Å². The third kappa shape index (κ3) is 6.72. The van der Waals surface area contributed by atoms with Crippen LogP contribution in [-0.2, 0) is 16.4 Å². The van der Waals surface area contributed by atoms with Gasteiger partial charge in [0.2, 0.25) is 0 Å². The Morgan fingerprint density at radius 1 is 1.30 bits per heavy atom. The van der Waals surface area contributed by atoms with Crippen molar-refractivity contribution in [1.29, 1.82) is 0 Å². The predicted octanol–water partition coefficient (Wildman–Crippen LogP) is 2.66. The fraction of sp³-hybridized carbons (Fsp3) is 0.650. The highest BCUT2D eigenvalue weighted by atomic mass is 32.2. The van der Waals surface area contributed by atoms with Gasteiger partial charge in [-0.2, -0.15) is 0 Å². The van der Waals surface area contributed by atoms with Crippen LogP contribution in [0, 0.1) is 12.8 Å². The van der Waals surface area contributed by atoms with Gasteiger partial charge >= 0.3 is 0 Å². The van der Waals surface area contributed by atoms with E-state index in [-0.39, 0.29) is 6.54 Å². The van der Waals surface area contributed by atoms with Crippen molar-refractivity contribution in [2.45, 2.75) is 51.8 Å². The molecule has 0 aliphatic heterocycles. The molecule has 2 rings (SSSR count). The minimum absolute atomic E-state index is 0.288. The minimum Gasteiger partial charge on any atom is -0.493 e. The van der Waals surface area contributed by atoms with Crippen LogP contribution < -0.4 is 15.4 Å². The Morgan fingerprint density at radius 2 is 2.00 bits per heavy atom. The number of aryl methyl sites for hydroxylation is 1. The monoisotopic (exact) mass is 395 g/mol. The van der Waals surface area contributed by atoms with Gasteiger partial charge in [0.05, 0.1) is 17.9 Å². The molecule has 7 heteroatoms. The highest BCUT2D eigenvalue weighted by Gasteiger charge is 2.30. The summed E-state index contributed by atoms with van der Waals surface area (Å²) in [6.45, 7) is 9.67. The molecule has 1 aliphatic carbocycles. The molecule has 0 atom stereocenters. The molecule has 0 bridgehead atoms. The molecule has 0 aromatic heterocycles. The summed E-state index contributed by atoms with van der Waals surface area (Å²) in [7, 11) is -3.17. The number of nitrogens with zero attached hydrogens (tertiary/aromatic N) is 1. The molecular weight excluding hydrogens is 362 g/mol. The molecule has 1 saturated carbocycles. The number of guanidine groups is 1. The van der Waals surface area contributed by atoms with Gasteiger partial charge in [0.15, 0.2) is 15.8 Å². The summed E-state index contributed by atoms with van der Waals surface area (Å²) in [6, 6.07) is 6.16. The lowest BCUT2D eigenvalue weighted by Gasteiger charge is -2.24. The summed E-state index contributed by atoms with van der Waals surface area (Å²) in [6.07, 6.45) is 3.77. The van der Waals surface area contributed by atoms with Crippen LogP contribution in [0.1, 0.15) is 44.7 Å². The number of hydrogen-bond acceptors (Lipinski definition) is 4. The average Bonchev–Trinajstić information content (AvgIpc) is 3.40. The molecule has 0 saturated heterocycles. The topological polar surface area (TPSA) is 79.8 Å². The van der Waals surface area contributed by atoms with E-state index >= 15 is 0 Å². The van der Waals surface area contributed by atoms with Gasteiger partial charge in [-0.15, -0.1) is 0 Å². The second-order valence-electron chi connectivity index (χ2n) is 7.95. The largest absolute Gasteiger partial charge is 0.493 e. The molecule has 0 spiro atoms.